The molecule has 1 saturated heterocycles. The fourth-order valence-electron chi connectivity index (χ4n) is 3.30. The van der Waals surface area contributed by atoms with Gasteiger partial charge >= 0.3 is 0 Å². The van der Waals surface area contributed by atoms with Crippen molar-refractivity contribution in [1.29, 1.82) is 0 Å². The molecule has 0 bridgehead atoms. The van der Waals surface area contributed by atoms with E-state index in [-0.39, 0.29) is 30.1 Å². The Morgan fingerprint density at radius 2 is 2.12 bits per heavy atom. The number of aryl methyl sites for hydroxylation is 2. The predicted octanol–water partition coefficient (Wildman–Crippen LogP) is 2.14. The van der Waals surface area contributed by atoms with E-state index in [0.717, 1.165) is 4.31 Å². The highest BCUT2D eigenvalue weighted by Crippen LogP contribution is 2.34. The molecule has 138 valence electrons. The smallest absolute Gasteiger partial charge is 0.258 e. The van der Waals surface area contributed by atoms with Gasteiger partial charge < -0.3 is 4.98 Å². The molecule has 1 aromatic carbocycles. The van der Waals surface area contributed by atoms with Crippen LogP contribution in [0.2, 0.25) is 0 Å². The van der Waals surface area contributed by atoms with Crippen molar-refractivity contribution in [2.45, 2.75) is 24.5 Å². The molecule has 0 saturated carbocycles. The summed E-state index contributed by atoms with van der Waals surface area (Å²) in [6.45, 7) is 1.63. The zero-order valence-corrected chi connectivity index (χ0v) is 15.0. The van der Waals surface area contributed by atoms with Gasteiger partial charge in [-0.3, -0.25) is 4.68 Å². The van der Waals surface area contributed by atoms with Crippen LogP contribution in [-0.4, -0.2) is 51.7 Å². The van der Waals surface area contributed by atoms with Crippen LogP contribution in [0.1, 0.15) is 12.0 Å². The molecule has 0 amide bonds. The van der Waals surface area contributed by atoms with Crippen LogP contribution in [-0.2, 0) is 17.1 Å². The fraction of sp³-hybridized carbons (Fsp3) is 0.375. The molecule has 4 rings (SSSR count). The highest BCUT2D eigenvalue weighted by molar-refractivity contribution is 7.89. The van der Waals surface area contributed by atoms with E-state index < -0.39 is 22.0 Å². The van der Waals surface area contributed by atoms with Crippen LogP contribution in [0.3, 0.4) is 0 Å². The summed E-state index contributed by atoms with van der Waals surface area (Å²) in [6.07, 6.45) is 0.497. The second-order valence-corrected chi connectivity index (χ2v) is 8.37. The van der Waals surface area contributed by atoms with Gasteiger partial charge in [-0.2, -0.15) is 9.40 Å². The quantitative estimate of drug-likeness (QED) is 0.753. The van der Waals surface area contributed by atoms with Crippen LogP contribution in [0.15, 0.2) is 23.5 Å². The van der Waals surface area contributed by atoms with Gasteiger partial charge in [0.1, 0.15) is 23.3 Å². The minimum absolute atomic E-state index is 0.0626. The molecule has 2 aromatic heterocycles. The average molecular weight is 381 g/mol. The first kappa shape index (κ1) is 17.1. The van der Waals surface area contributed by atoms with E-state index in [9.17, 15) is 17.2 Å². The third-order valence-corrected chi connectivity index (χ3v) is 6.36. The number of nitrogens with zero attached hydrogens (tertiary/aromatic N) is 4. The fourth-order valence-corrected chi connectivity index (χ4v) is 4.78. The van der Waals surface area contributed by atoms with Crippen LogP contribution >= 0.6 is 0 Å². The first-order valence-electron chi connectivity index (χ1n) is 8.09. The number of sulfonamides is 1. The second-order valence-electron chi connectivity index (χ2n) is 6.46. The number of aromatic amines is 1. The molecule has 0 spiro atoms. The molecular formula is C16H17F2N5O2S. The van der Waals surface area contributed by atoms with Crippen LogP contribution in [0.4, 0.5) is 8.78 Å². The highest BCUT2D eigenvalue weighted by atomic mass is 32.2. The van der Waals surface area contributed by atoms with Crippen molar-refractivity contribution in [3.63, 3.8) is 0 Å². The Kier molecular flexibility index (Phi) is 3.85. The largest absolute Gasteiger partial charge is 0.342 e. The Labute approximate surface area is 148 Å². The van der Waals surface area contributed by atoms with Crippen molar-refractivity contribution in [3.8, 4) is 11.4 Å². The minimum atomic E-state index is -3.93. The Morgan fingerprint density at radius 1 is 1.35 bits per heavy atom. The molecule has 10 heteroatoms. The van der Waals surface area contributed by atoms with Crippen molar-refractivity contribution in [2.24, 2.45) is 7.05 Å². The van der Waals surface area contributed by atoms with E-state index >= 15 is 0 Å². The van der Waals surface area contributed by atoms with E-state index in [4.69, 9.17) is 0 Å². The third-order valence-electron chi connectivity index (χ3n) is 4.57. The first-order chi connectivity index (χ1) is 12.3. The SMILES string of the molecule is Cc1cc(F)c2[nH]c(S(=O)(=O)N3CC[C@H](F)C3)cc2c1-c1ncn(C)n1. The molecule has 26 heavy (non-hydrogen) atoms. The number of benzene rings is 1. The number of H-pyrrole nitrogens is 1. The number of nitrogens with one attached hydrogen (secondary N) is 1. The predicted molar refractivity (Wildman–Crippen MR) is 91.3 cm³/mol. The van der Waals surface area contributed by atoms with Gasteiger partial charge in [-0.1, -0.05) is 0 Å². The number of rotatable bonds is 3. The third kappa shape index (κ3) is 2.60. The summed E-state index contributed by atoms with van der Waals surface area (Å²) in [5.74, 6) is -0.189. The molecular weight excluding hydrogens is 364 g/mol. The molecule has 1 aliphatic rings. The first-order valence-corrected chi connectivity index (χ1v) is 9.53. The lowest BCUT2D eigenvalue weighted by atomic mass is 10.0. The number of halogens is 2. The van der Waals surface area contributed by atoms with Crippen LogP contribution in [0.5, 0.6) is 0 Å². The van der Waals surface area contributed by atoms with E-state index in [1.807, 2.05) is 0 Å². The number of hydrogen-bond donors (Lipinski definition) is 1. The maximum Gasteiger partial charge on any atom is 0.258 e. The van der Waals surface area contributed by atoms with E-state index in [0.29, 0.717) is 22.3 Å². The Hall–Kier alpha value is -2.33. The van der Waals surface area contributed by atoms with E-state index in [1.54, 1.807) is 14.0 Å². The summed E-state index contributed by atoms with van der Waals surface area (Å²) in [5.41, 5.74) is 1.21. The zero-order chi connectivity index (χ0) is 18.6. The summed E-state index contributed by atoms with van der Waals surface area (Å²) < 4.78 is 56.0. The molecule has 1 fully saturated rings. The molecule has 1 N–H and O–H groups in total. The second kappa shape index (κ2) is 5.85. The summed E-state index contributed by atoms with van der Waals surface area (Å²) in [5, 5.41) is 4.45. The molecule has 0 aliphatic carbocycles. The van der Waals surface area contributed by atoms with Gasteiger partial charge in [-0.25, -0.2) is 22.2 Å². The molecule has 0 unspecified atom stereocenters. The van der Waals surface area contributed by atoms with Gasteiger partial charge in [0.25, 0.3) is 10.0 Å². The minimum Gasteiger partial charge on any atom is -0.342 e. The monoisotopic (exact) mass is 381 g/mol. The number of aromatic nitrogens is 4. The molecule has 3 aromatic rings. The van der Waals surface area contributed by atoms with Crippen LogP contribution < -0.4 is 0 Å². The lowest BCUT2D eigenvalue weighted by Crippen LogP contribution is -2.29. The van der Waals surface area contributed by atoms with Crippen molar-refractivity contribution in [2.75, 3.05) is 13.1 Å². The van der Waals surface area contributed by atoms with Gasteiger partial charge in [0.15, 0.2) is 5.82 Å². The number of hydrogen-bond acceptors (Lipinski definition) is 4. The van der Waals surface area contributed by atoms with Gasteiger partial charge in [0, 0.05) is 31.1 Å². The van der Waals surface area contributed by atoms with Gasteiger partial charge in [0.2, 0.25) is 0 Å². The van der Waals surface area contributed by atoms with E-state index in [2.05, 4.69) is 15.1 Å². The molecule has 1 atom stereocenters. The van der Waals surface area contributed by atoms with Crippen molar-refractivity contribution < 1.29 is 17.2 Å². The van der Waals surface area contributed by atoms with Gasteiger partial charge in [-0.15, -0.1) is 0 Å². The standard InChI is InChI=1S/C16H17F2N5O2S/c1-9-5-12(18)15-11(14(9)16-19-8-22(2)21-16)6-13(20-15)26(24,25)23-4-3-10(17)7-23/h5-6,8,10,20H,3-4,7H2,1-2H3/t10-/m0/s1. The maximum absolute atomic E-state index is 14.4. The Balaban J connectivity index is 1.91. The lowest BCUT2D eigenvalue weighted by molar-refractivity contribution is 0.343. The van der Waals surface area contributed by atoms with Crippen molar-refractivity contribution in [3.05, 3.63) is 29.8 Å². The van der Waals surface area contributed by atoms with Gasteiger partial charge in [-0.05, 0) is 31.0 Å². The van der Waals surface area contributed by atoms with Crippen molar-refractivity contribution >= 4 is 20.9 Å². The molecule has 0 radical (unpaired) electrons. The molecule has 3 heterocycles. The zero-order valence-electron chi connectivity index (χ0n) is 14.2. The lowest BCUT2D eigenvalue weighted by Gasteiger charge is -2.13. The Bertz CT molecular complexity index is 1110. The highest BCUT2D eigenvalue weighted by Gasteiger charge is 2.34. The summed E-state index contributed by atoms with van der Waals surface area (Å²) in [7, 11) is -2.22. The van der Waals surface area contributed by atoms with E-state index in [1.165, 1.54) is 23.1 Å². The Morgan fingerprint density at radius 3 is 2.73 bits per heavy atom. The average Bonchev–Trinajstić information content (AvgIpc) is 3.27. The number of alkyl halides is 1. The van der Waals surface area contributed by atoms with Gasteiger partial charge in [0.05, 0.1) is 5.52 Å². The van der Waals surface area contributed by atoms with Crippen LogP contribution in [0.25, 0.3) is 22.3 Å². The summed E-state index contributed by atoms with van der Waals surface area (Å²) >= 11 is 0. The number of fused-ring (bicyclic) bond motifs is 1. The normalized spacial score (nSPS) is 18.8. The van der Waals surface area contributed by atoms with Crippen molar-refractivity contribution in [1.82, 2.24) is 24.1 Å². The molecule has 7 nitrogen and oxygen atoms in total. The summed E-state index contributed by atoms with van der Waals surface area (Å²) in [4.78, 5) is 6.84. The molecule has 1 aliphatic heterocycles. The van der Waals surface area contributed by atoms with Crippen LogP contribution in [0, 0.1) is 12.7 Å². The maximum atomic E-state index is 14.4. The summed E-state index contributed by atoms with van der Waals surface area (Å²) in [6, 6.07) is 2.69. The topological polar surface area (TPSA) is 83.9 Å².